The summed E-state index contributed by atoms with van der Waals surface area (Å²) in [5.74, 6) is -7.97. The normalized spacial score (nSPS) is 20.3. The predicted molar refractivity (Wildman–Crippen MR) is 146 cm³/mol. The molecule has 3 atom stereocenters. The third-order valence-corrected chi connectivity index (χ3v) is 8.59. The van der Waals surface area contributed by atoms with E-state index < -0.39 is 57.3 Å². The molecular formula is C33H37F5O. The van der Waals surface area contributed by atoms with Crippen LogP contribution in [0.5, 0.6) is 0 Å². The molecule has 210 valence electrons. The smallest absolute Gasteiger partial charge is 0.170 e. The van der Waals surface area contributed by atoms with Crippen molar-refractivity contribution in [2.24, 2.45) is 5.92 Å². The number of hydrogen-bond acceptors (Lipinski definition) is 1. The summed E-state index contributed by atoms with van der Waals surface area (Å²) >= 11 is 0. The second-order valence-electron chi connectivity index (χ2n) is 10.7. The van der Waals surface area contributed by atoms with Crippen LogP contribution in [0.3, 0.4) is 0 Å². The van der Waals surface area contributed by atoms with E-state index in [1.54, 1.807) is 31.2 Å². The monoisotopic (exact) mass is 544 g/mol. The van der Waals surface area contributed by atoms with Crippen LogP contribution in [-0.4, -0.2) is 12.7 Å². The Morgan fingerprint density at radius 1 is 0.846 bits per heavy atom. The van der Waals surface area contributed by atoms with Gasteiger partial charge in [-0.3, -0.25) is 0 Å². The molecule has 0 spiro atoms. The van der Waals surface area contributed by atoms with Gasteiger partial charge in [-0.05, 0) is 48.8 Å². The number of unbranched alkanes of at least 4 members (excludes halogenated alkanes) is 2. The molecule has 1 aliphatic carbocycles. The zero-order chi connectivity index (χ0) is 28.2. The van der Waals surface area contributed by atoms with E-state index in [4.69, 9.17) is 4.74 Å². The summed E-state index contributed by atoms with van der Waals surface area (Å²) < 4.78 is 84.2. The molecule has 3 aromatic carbocycles. The molecule has 1 aliphatic rings. The average Bonchev–Trinajstić information content (AvgIpc) is 2.96. The van der Waals surface area contributed by atoms with Gasteiger partial charge >= 0.3 is 0 Å². The minimum atomic E-state index is -1.58. The summed E-state index contributed by atoms with van der Waals surface area (Å²) in [6.07, 6.45) is 7.25. The van der Waals surface area contributed by atoms with Crippen molar-refractivity contribution in [1.29, 1.82) is 0 Å². The van der Waals surface area contributed by atoms with E-state index in [0.717, 1.165) is 57.1 Å². The van der Waals surface area contributed by atoms with Crippen molar-refractivity contribution in [2.45, 2.75) is 83.2 Å². The fraction of sp³-hybridized carbons (Fsp3) is 0.455. The molecule has 1 saturated carbocycles. The zero-order valence-corrected chi connectivity index (χ0v) is 22.9. The van der Waals surface area contributed by atoms with Gasteiger partial charge in [-0.25, -0.2) is 22.0 Å². The van der Waals surface area contributed by atoms with E-state index in [1.807, 2.05) is 6.07 Å². The van der Waals surface area contributed by atoms with Crippen LogP contribution in [0.4, 0.5) is 22.0 Å². The Balaban J connectivity index is 1.80. The van der Waals surface area contributed by atoms with Gasteiger partial charge in [0.25, 0.3) is 0 Å². The minimum Gasteiger partial charge on any atom is -0.377 e. The van der Waals surface area contributed by atoms with Crippen LogP contribution in [0.1, 0.15) is 83.1 Å². The summed E-state index contributed by atoms with van der Waals surface area (Å²) in [5.41, 5.74) is -1.95. The van der Waals surface area contributed by atoms with Crippen LogP contribution in [0.15, 0.2) is 48.5 Å². The van der Waals surface area contributed by atoms with E-state index in [1.165, 1.54) is 13.2 Å². The van der Waals surface area contributed by atoms with Gasteiger partial charge in [-0.1, -0.05) is 88.4 Å². The van der Waals surface area contributed by atoms with E-state index >= 15 is 22.0 Å². The minimum absolute atomic E-state index is 0.0142. The molecule has 1 nitrogen and oxygen atoms in total. The molecule has 0 aliphatic heterocycles. The molecule has 1 fully saturated rings. The number of benzene rings is 3. The fourth-order valence-electron chi connectivity index (χ4n) is 6.65. The first-order valence-electron chi connectivity index (χ1n) is 14.1. The van der Waals surface area contributed by atoms with Crippen molar-refractivity contribution < 1.29 is 26.7 Å². The third kappa shape index (κ3) is 5.50. The maximum Gasteiger partial charge on any atom is 0.170 e. The Bertz CT molecular complexity index is 1250. The maximum absolute atomic E-state index is 15.8. The second kappa shape index (κ2) is 12.6. The molecule has 3 unspecified atom stereocenters. The maximum atomic E-state index is 15.8. The largest absolute Gasteiger partial charge is 0.377 e. The average molecular weight is 545 g/mol. The molecule has 3 aromatic rings. The highest BCUT2D eigenvalue weighted by molar-refractivity contribution is 5.72. The number of methoxy groups -OCH3 is 1. The fourth-order valence-corrected chi connectivity index (χ4v) is 6.65. The molecule has 0 aromatic heterocycles. The molecule has 0 saturated heterocycles. The van der Waals surface area contributed by atoms with Crippen molar-refractivity contribution in [3.8, 4) is 22.3 Å². The summed E-state index contributed by atoms with van der Waals surface area (Å²) in [7, 11) is 1.53. The first kappa shape index (κ1) is 29.3. The number of rotatable bonds is 10. The zero-order valence-electron chi connectivity index (χ0n) is 22.9. The van der Waals surface area contributed by atoms with E-state index in [-0.39, 0.29) is 12.3 Å². The van der Waals surface area contributed by atoms with Crippen LogP contribution in [0, 0.1) is 35.0 Å². The van der Waals surface area contributed by atoms with Crippen molar-refractivity contribution in [1.82, 2.24) is 0 Å². The summed E-state index contributed by atoms with van der Waals surface area (Å²) in [4.78, 5) is 0. The Morgan fingerprint density at radius 2 is 1.54 bits per heavy atom. The van der Waals surface area contributed by atoms with Gasteiger partial charge in [0.1, 0.15) is 5.82 Å². The summed E-state index contributed by atoms with van der Waals surface area (Å²) in [6.45, 7) is 3.86. The molecule has 4 rings (SSSR count). The van der Waals surface area contributed by atoms with Gasteiger partial charge in [-0.15, -0.1) is 0 Å². The SMILES string of the molecule is CCCCCC1CCCCC1(OC)C(CC)c1c(F)c(F)c(-c2ccc(-c3ccccc3)cc2F)c(F)c1F. The van der Waals surface area contributed by atoms with Crippen LogP contribution >= 0.6 is 0 Å². The van der Waals surface area contributed by atoms with Gasteiger partial charge in [0.15, 0.2) is 23.3 Å². The molecule has 6 heteroatoms. The Labute approximate surface area is 228 Å². The first-order valence-corrected chi connectivity index (χ1v) is 14.1. The lowest BCUT2D eigenvalue weighted by Crippen LogP contribution is -2.48. The van der Waals surface area contributed by atoms with Gasteiger partial charge < -0.3 is 4.74 Å². The molecule has 0 radical (unpaired) electrons. The standard InChI is InChI=1S/C33H37F5O/c1-4-6-8-15-23-16-11-12-19-33(23,39-3)25(5-2)28-31(37)29(35)27(30(36)32(28)38)24-18-17-22(20-26(24)34)21-13-9-7-10-14-21/h7,9-10,13-14,17-18,20,23,25H,4-6,8,11-12,15-16,19H2,1-3H3. The van der Waals surface area contributed by atoms with Gasteiger partial charge in [0.05, 0.1) is 11.2 Å². The quantitative estimate of drug-likeness (QED) is 0.140. The van der Waals surface area contributed by atoms with Crippen molar-refractivity contribution >= 4 is 0 Å². The Kier molecular flexibility index (Phi) is 9.47. The van der Waals surface area contributed by atoms with Crippen LogP contribution in [-0.2, 0) is 4.74 Å². The topological polar surface area (TPSA) is 9.23 Å². The summed E-state index contributed by atoms with van der Waals surface area (Å²) in [5, 5.41) is 0. The van der Waals surface area contributed by atoms with E-state index in [9.17, 15) is 0 Å². The molecule has 0 bridgehead atoms. The van der Waals surface area contributed by atoms with Crippen LogP contribution in [0.25, 0.3) is 22.3 Å². The van der Waals surface area contributed by atoms with Crippen molar-refractivity contribution in [3.05, 3.63) is 83.2 Å². The number of halogens is 5. The number of hydrogen-bond donors (Lipinski definition) is 0. The van der Waals surface area contributed by atoms with Gasteiger partial charge in [-0.2, -0.15) is 0 Å². The molecule has 0 heterocycles. The van der Waals surface area contributed by atoms with Gasteiger partial charge in [0, 0.05) is 24.2 Å². The van der Waals surface area contributed by atoms with Crippen LogP contribution < -0.4 is 0 Å². The lowest BCUT2D eigenvalue weighted by molar-refractivity contribution is -0.108. The Morgan fingerprint density at radius 3 is 2.13 bits per heavy atom. The third-order valence-electron chi connectivity index (χ3n) is 8.59. The molecular weight excluding hydrogens is 507 g/mol. The lowest BCUT2D eigenvalue weighted by Gasteiger charge is -2.48. The first-order chi connectivity index (χ1) is 18.8. The van der Waals surface area contributed by atoms with Crippen molar-refractivity contribution in [2.75, 3.05) is 7.11 Å². The van der Waals surface area contributed by atoms with Crippen LogP contribution in [0.2, 0.25) is 0 Å². The number of ether oxygens (including phenoxy) is 1. The predicted octanol–water partition coefficient (Wildman–Crippen LogP) is 10.4. The van der Waals surface area contributed by atoms with Crippen molar-refractivity contribution in [3.63, 3.8) is 0 Å². The summed E-state index contributed by atoms with van der Waals surface area (Å²) in [6, 6.07) is 12.7. The van der Waals surface area contributed by atoms with Gasteiger partial charge in [0.2, 0.25) is 0 Å². The molecule has 39 heavy (non-hydrogen) atoms. The van der Waals surface area contributed by atoms with E-state index in [0.29, 0.717) is 17.5 Å². The molecule has 0 N–H and O–H groups in total. The van der Waals surface area contributed by atoms with E-state index in [2.05, 4.69) is 6.92 Å². The highest BCUT2D eigenvalue weighted by Crippen LogP contribution is 2.51. The highest BCUT2D eigenvalue weighted by Gasteiger charge is 2.49. The second-order valence-corrected chi connectivity index (χ2v) is 10.7. The molecule has 0 amide bonds. The Hall–Kier alpha value is -2.73. The highest BCUT2D eigenvalue weighted by atomic mass is 19.2. The lowest BCUT2D eigenvalue weighted by atomic mass is 9.63.